The van der Waals surface area contributed by atoms with E-state index in [1.165, 1.54) is 29.9 Å². The van der Waals surface area contributed by atoms with Crippen molar-refractivity contribution >= 4 is 29.4 Å². The Hall–Kier alpha value is -3.98. The number of ether oxygens (including phenoxy) is 3. The summed E-state index contributed by atoms with van der Waals surface area (Å²) >= 11 is 1.23. The first-order chi connectivity index (χ1) is 16.8. The van der Waals surface area contributed by atoms with E-state index in [1.807, 2.05) is 37.3 Å². The Morgan fingerprint density at radius 2 is 1.89 bits per heavy atom. The van der Waals surface area contributed by atoms with Crippen LogP contribution < -0.4 is 24.4 Å². The molecule has 9 heteroatoms. The minimum atomic E-state index is -0.660. The van der Waals surface area contributed by atoms with Gasteiger partial charge in [-0.1, -0.05) is 47.7 Å². The number of hydrogen-bond acceptors (Lipinski definition) is 8. The lowest BCUT2D eigenvalue weighted by Gasteiger charge is -2.24. The highest BCUT2D eigenvalue weighted by atomic mass is 32.1. The van der Waals surface area contributed by atoms with Crippen LogP contribution in [0.2, 0.25) is 0 Å². The second-order valence-electron chi connectivity index (χ2n) is 7.72. The molecule has 0 unspecified atom stereocenters. The number of thiazole rings is 1. The summed E-state index contributed by atoms with van der Waals surface area (Å²) in [5, 5.41) is 0. The van der Waals surface area contributed by atoms with Gasteiger partial charge < -0.3 is 14.2 Å². The summed E-state index contributed by atoms with van der Waals surface area (Å²) in [6, 6.07) is 13.7. The van der Waals surface area contributed by atoms with Gasteiger partial charge in [-0.05, 0) is 43.2 Å². The maximum Gasteiger partial charge on any atom is 0.338 e. The topological polar surface area (TPSA) is 96.2 Å². The minimum Gasteiger partial charge on any atom is -0.490 e. The van der Waals surface area contributed by atoms with Crippen molar-refractivity contribution in [3.05, 3.63) is 90.6 Å². The normalized spacial score (nSPS) is 15.3. The van der Waals surface area contributed by atoms with Gasteiger partial charge in [0.25, 0.3) is 5.56 Å². The maximum atomic E-state index is 13.6. The molecule has 35 heavy (non-hydrogen) atoms. The number of benzene rings is 2. The molecule has 1 aliphatic heterocycles. The number of carbonyl (C=O) groups excluding carboxylic acids is 2. The smallest absolute Gasteiger partial charge is 0.338 e. The summed E-state index contributed by atoms with van der Waals surface area (Å²) in [6.45, 7) is 5.26. The van der Waals surface area contributed by atoms with Gasteiger partial charge >= 0.3 is 11.9 Å². The van der Waals surface area contributed by atoms with Gasteiger partial charge in [0.1, 0.15) is 0 Å². The van der Waals surface area contributed by atoms with Crippen LogP contribution in [0.25, 0.3) is 6.08 Å². The molecule has 8 nitrogen and oxygen atoms in total. The molecule has 0 N–H and O–H groups in total. The molecular weight excluding hydrogens is 468 g/mol. The van der Waals surface area contributed by atoms with Gasteiger partial charge in [-0.15, -0.1) is 0 Å². The van der Waals surface area contributed by atoms with Crippen molar-refractivity contribution in [3.63, 3.8) is 0 Å². The van der Waals surface area contributed by atoms with E-state index >= 15 is 0 Å². The standard InChI is InChI=1S/C26H24N2O6S/c1-5-33-20-13-17(11-12-19(20)34-16(3)29)14-21-24(30)28-23(18-9-7-6-8-10-18)22(25(31)32-4)15(2)27-26(28)35-21/h6-14,23H,5H2,1-4H3/b21-14-/t23-/m1/s1. The molecule has 1 aliphatic rings. The van der Waals surface area contributed by atoms with Gasteiger partial charge in [0, 0.05) is 6.92 Å². The Labute approximate surface area is 205 Å². The summed E-state index contributed by atoms with van der Waals surface area (Å²) in [5.74, 6) is -0.280. The van der Waals surface area contributed by atoms with Crippen molar-refractivity contribution in [3.8, 4) is 11.5 Å². The van der Waals surface area contributed by atoms with Crippen LogP contribution in [0.4, 0.5) is 0 Å². The summed E-state index contributed by atoms with van der Waals surface area (Å²) in [5.41, 5.74) is 2.01. The molecule has 4 rings (SSSR count). The molecule has 0 spiro atoms. The first kappa shape index (κ1) is 24.2. The monoisotopic (exact) mass is 492 g/mol. The van der Waals surface area contributed by atoms with Crippen molar-refractivity contribution in [2.75, 3.05) is 13.7 Å². The summed E-state index contributed by atoms with van der Waals surface area (Å²) in [7, 11) is 1.31. The van der Waals surface area contributed by atoms with E-state index in [-0.39, 0.29) is 5.56 Å². The zero-order valence-corrected chi connectivity index (χ0v) is 20.5. The van der Waals surface area contributed by atoms with Gasteiger partial charge in [0.2, 0.25) is 0 Å². The minimum absolute atomic E-state index is 0.279. The molecule has 2 heterocycles. The molecule has 1 aromatic heterocycles. The number of aromatic nitrogens is 1. The fraction of sp³-hybridized carbons (Fsp3) is 0.231. The van der Waals surface area contributed by atoms with Gasteiger partial charge in [-0.2, -0.15) is 0 Å². The number of methoxy groups -OCH3 is 1. The molecule has 0 fully saturated rings. The zero-order valence-electron chi connectivity index (χ0n) is 19.7. The number of carbonyl (C=O) groups is 2. The molecule has 1 atom stereocenters. The summed E-state index contributed by atoms with van der Waals surface area (Å²) in [4.78, 5) is 42.7. The van der Waals surface area contributed by atoms with Crippen LogP contribution in [0.5, 0.6) is 11.5 Å². The molecule has 0 bridgehead atoms. The van der Waals surface area contributed by atoms with Crippen molar-refractivity contribution in [1.29, 1.82) is 0 Å². The van der Waals surface area contributed by atoms with Crippen molar-refractivity contribution < 1.29 is 23.8 Å². The predicted molar refractivity (Wildman–Crippen MR) is 131 cm³/mol. The lowest BCUT2D eigenvalue weighted by atomic mass is 9.96. The fourth-order valence-corrected chi connectivity index (χ4v) is 4.96. The van der Waals surface area contributed by atoms with Gasteiger partial charge in [-0.3, -0.25) is 14.2 Å². The SMILES string of the molecule is CCOc1cc(/C=c2\sc3n(c2=O)[C@H](c2ccccc2)C(C(=O)OC)=C(C)N=3)ccc1OC(C)=O. The Kier molecular flexibility index (Phi) is 6.97. The van der Waals surface area contributed by atoms with E-state index in [9.17, 15) is 14.4 Å². The molecule has 0 saturated heterocycles. The molecule has 0 radical (unpaired) electrons. The number of rotatable bonds is 6. The number of nitrogens with zero attached hydrogens (tertiary/aromatic N) is 2. The largest absolute Gasteiger partial charge is 0.490 e. The molecule has 2 aromatic carbocycles. The second kappa shape index (κ2) is 10.1. The average Bonchev–Trinajstić information content (AvgIpc) is 3.14. The third-order valence-electron chi connectivity index (χ3n) is 5.36. The molecule has 0 amide bonds. The number of allylic oxidation sites excluding steroid dienone is 1. The van der Waals surface area contributed by atoms with E-state index in [4.69, 9.17) is 14.2 Å². The summed E-state index contributed by atoms with van der Waals surface area (Å²) in [6.07, 6.45) is 1.73. The Morgan fingerprint density at radius 3 is 2.54 bits per heavy atom. The van der Waals surface area contributed by atoms with E-state index in [0.717, 1.165) is 5.56 Å². The number of esters is 2. The zero-order chi connectivity index (χ0) is 25.1. The lowest BCUT2D eigenvalue weighted by molar-refractivity contribution is -0.136. The number of hydrogen-bond donors (Lipinski definition) is 0. The Bertz CT molecular complexity index is 1500. The van der Waals surface area contributed by atoms with Crippen LogP contribution in [0.15, 0.2) is 69.6 Å². The highest BCUT2D eigenvalue weighted by Gasteiger charge is 2.32. The lowest BCUT2D eigenvalue weighted by Crippen LogP contribution is -2.39. The van der Waals surface area contributed by atoms with E-state index in [0.29, 0.717) is 44.3 Å². The van der Waals surface area contributed by atoms with E-state index in [1.54, 1.807) is 31.2 Å². The van der Waals surface area contributed by atoms with Crippen LogP contribution >= 0.6 is 11.3 Å². The number of fused-ring (bicyclic) bond motifs is 1. The maximum absolute atomic E-state index is 13.6. The third-order valence-corrected chi connectivity index (χ3v) is 6.34. The molecule has 0 aliphatic carbocycles. The fourth-order valence-electron chi connectivity index (χ4n) is 3.92. The first-order valence-corrected chi connectivity index (χ1v) is 11.8. The molecule has 3 aromatic rings. The molecule has 0 saturated carbocycles. The molecule has 180 valence electrons. The molecular formula is C26H24N2O6S. The Morgan fingerprint density at radius 1 is 1.14 bits per heavy atom. The highest BCUT2D eigenvalue weighted by molar-refractivity contribution is 7.07. The van der Waals surface area contributed by atoms with Crippen molar-refractivity contribution in [2.24, 2.45) is 4.99 Å². The van der Waals surface area contributed by atoms with Gasteiger partial charge in [0.15, 0.2) is 16.3 Å². The van der Waals surface area contributed by atoms with Crippen LogP contribution in [0.1, 0.15) is 37.9 Å². The predicted octanol–water partition coefficient (Wildman–Crippen LogP) is 2.73. The van der Waals surface area contributed by atoms with Crippen LogP contribution in [0, 0.1) is 0 Å². The average molecular weight is 493 g/mol. The van der Waals surface area contributed by atoms with Crippen molar-refractivity contribution in [1.82, 2.24) is 4.57 Å². The van der Waals surface area contributed by atoms with E-state index < -0.39 is 18.0 Å². The van der Waals surface area contributed by atoms with Crippen molar-refractivity contribution in [2.45, 2.75) is 26.8 Å². The Balaban J connectivity index is 1.88. The first-order valence-electron chi connectivity index (χ1n) is 10.9. The van der Waals surface area contributed by atoms with Gasteiger partial charge in [0.05, 0.1) is 35.6 Å². The second-order valence-corrected chi connectivity index (χ2v) is 8.73. The van der Waals surface area contributed by atoms with Gasteiger partial charge in [-0.25, -0.2) is 9.79 Å². The van der Waals surface area contributed by atoms with Crippen LogP contribution in [-0.4, -0.2) is 30.2 Å². The van der Waals surface area contributed by atoms with Crippen LogP contribution in [0.3, 0.4) is 0 Å². The highest BCUT2D eigenvalue weighted by Crippen LogP contribution is 2.31. The van der Waals surface area contributed by atoms with E-state index in [2.05, 4.69) is 4.99 Å². The summed E-state index contributed by atoms with van der Waals surface area (Å²) < 4.78 is 17.8. The quantitative estimate of drug-likeness (QED) is 0.388. The van der Waals surface area contributed by atoms with Crippen LogP contribution in [-0.2, 0) is 14.3 Å². The third kappa shape index (κ3) is 4.81.